The number of benzene rings is 9. The van der Waals surface area contributed by atoms with Crippen LogP contribution in [0, 0.1) is 0 Å². The average Bonchev–Trinajstić information content (AvgIpc) is 3.26. The van der Waals surface area contributed by atoms with E-state index < -0.39 is 0 Å². The zero-order valence-corrected chi connectivity index (χ0v) is 29.4. The van der Waals surface area contributed by atoms with E-state index >= 15 is 0 Å². The maximum absolute atomic E-state index is 5.20. The molecule has 0 aliphatic rings. The van der Waals surface area contributed by atoms with E-state index in [0.717, 1.165) is 49.4 Å². The van der Waals surface area contributed by atoms with Crippen LogP contribution in [-0.4, -0.2) is 15.0 Å². The van der Waals surface area contributed by atoms with Gasteiger partial charge in [0.25, 0.3) is 0 Å². The molecule has 0 saturated carbocycles. The number of hydrogen-bond acceptors (Lipinski definition) is 3. The molecule has 0 fully saturated rings. The first-order chi connectivity index (χ1) is 26.7. The van der Waals surface area contributed by atoms with Gasteiger partial charge in [0.05, 0.1) is 0 Å². The van der Waals surface area contributed by atoms with Crippen molar-refractivity contribution >= 4 is 32.3 Å². The molecule has 10 rings (SSSR count). The zero-order valence-electron chi connectivity index (χ0n) is 29.4. The fourth-order valence-electron chi connectivity index (χ4n) is 7.50. The van der Waals surface area contributed by atoms with Crippen molar-refractivity contribution in [3.8, 4) is 67.5 Å². The number of fused-ring (bicyclic) bond motifs is 3. The number of nitrogens with zero attached hydrogens (tertiary/aromatic N) is 3. The van der Waals surface area contributed by atoms with E-state index in [1.807, 2.05) is 12.1 Å². The Morgan fingerprint density at radius 3 is 1.43 bits per heavy atom. The van der Waals surface area contributed by atoms with Gasteiger partial charge in [-0.3, -0.25) is 0 Å². The molecule has 1 aromatic heterocycles. The van der Waals surface area contributed by atoms with Crippen LogP contribution in [0.15, 0.2) is 200 Å². The van der Waals surface area contributed by atoms with Crippen LogP contribution in [0.3, 0.4) is 0 Å². The molecule has 0 N–H and O–H groups in total. The summed E-state index contributed by atoms with van der Waals surface area (Å²) in [5, 5.41) is 7.02. The van der Waals surface area contributed by atoms with Gasteiger partial charge in [0.2, 0.25) is 0 Å². The minimum absolute atomic E-state index is 0.636. The SMILES string of the molecule is c1ccc(-c2ccc(-c3nc(-c4ccc5cc(-c6cccc7ccccc67)ccc5c4)nc(-c4cccc5ccc(-c6ccccc6)cc45)n3)cc2)cc1. The van der Waals surface area contributed by atoms with Crippen molar-refractivity contribution < 1.29 is 0 Å². The summed E-state index contributed by atoms with van der Waals surface area (Å²) in [6.45, 7) is 0. The monoisotopic (exact) mass is 687 g/mol. The summed E-state index contributed by atoms with van der Waals surface area (Å²) < 4.78 is 0. The highest BCUT2D eigenvalue weighted by atomic mass is 15.0. The second kappa shape index (κ2) is 13.4. The van der Waals surface area contributed by atoms with Gasteiger partial charge in [-0.05, 0) is 83.9 Å². The lowest BCUT2D eigenvalue weighted by Crippen LogP contribution is -2.00. The Kier molecular flexibility index (Phi) is 7.81. The first-order valence-corrected chi connectivity index (χ1v) is 18.3. The molecule has 0 amide bonds. The maximum atomic E-state index is 5.20. The predicted molar refractivity (Wildman–Crippen MR) is 225 cm³/mol. The van der Waals surface area contributed by atoms with Gasteiger partial charge in [-0.15, -0.1) is 0 Å². The van der Waals surface area contributed by atoms with Crippen LogP contribution >= 0.6 is 0 Å². The molecular weight excluding hydrogens is 655 g/mol. The lowest BCUT2D eigenvalue weighted by molar-refractivity contribution is 1.08. The summed E-state index contributed by atoms with van der Waals surface area (Å²) in [5.41, 5.74) is 9.91. The smallest absolute Gasteiger partial charge is 0.164 e. The first-order valence-electron chi connectivity index (χ1n) is 18.3. The zero-order chi connectivity index (χ0) is 35.8. The normalized spacial score (nSPS) is 11.3. The van der Waals surface area contributed by atoms with E-state index in [1.165, 1.54) is 33.0 Å². The van der Waals surface area contributed by atoms with Crippen molar-refractivity contribution in [2.45, 2.75) is 0 Å². The van der Waals surface area contributed by atoms with Crippen LogP contribution in [0.5, 0.6) is 0 Å². The second-order valence-electron chi connectivity index (χ2n) is 13.7. The van der Waals surface area contributed by atoms with Gasteiger partial charge in [0.15, 0.2) is 17.5 Å². The van der Waals surface area contributed by atoms with Crippen LogP contribution in [0.4, 0.5) is 0 Å². The van der Waals surface area contributed by atoms with E-state index in [-0.39, 0.29) is 0 Å². The summed E-state index contributed by atoms with van der Waals surface area (Å²) in [6, 6.07) is 70.7. The van der Waals surface area contributed by atoms with E-state index in [2.05, 4.69) is 188 Å². The lowest BCUT2D eigenvalue weighted by Gasteiger charge is -2.12. The third-order valence-corrected chi connectivity index (χ3v) is 10.3. The maximum Gasteiger partial charge on any atom is 0.164 e. The van der Waals surface area contributed by atoms with Crippen LogP contribution < -0.4 is 0 Å². The van der Waals surface area contributed by atoms with Crippen molar-refractivity contribution in [1.82, 2.24) is 15.0 Å². The largest absolute Gasteiger partial charge is 0.208 e. The van der Waals surface area contributed by atoms with Crippen LogP contribution in [0.2, 0.25) is 0 Å². The molecular formula is C51H33N3. The molecule has 252 valence electrons. The Morgan fingerprint density at radius 1 is 0.222 bits per heavy atom. The minimum atomic E-state index is 0.636. The highest BCUT2D eigenvalue weighted by Crippen LogP contribution is 2.35. The van der Waals surface area contributed by atoms with E-state index in [4.69, 9.17) is 15.0 Å². The standard InChI is InChI=1S/C51H33N3/c1-3-11-34(12-4-1)36-21-24-39(25-22-36)49-52-50(54-51(53-49)47-20-10-17-38-23-26-42(33-48(38)47)35-13-5-2-6-14-35)44-30-28-40-31-43(29-27-41(40)32-44)46-19-9-16-37-15-7-8-18-45(37)46/h1-33H. The van der Waals surface area contributed by atoms with Crippen molar-refractivity contribution in [3.63, 3.8) is 0 Å². The molecule has 0 aliphatic heterocycles. The lowest BCUT2D eigenvalue weighted by atomic mass is 9.95. The van der Waals surface area contributed by atoms with E-state index in [0.29, 0.717) is 17.5 Å². The van der Waals surface area contributed by atoms with Crippen molar-refractivity contribution in [1.29, 1.82) is 0 Å². The summed E-state index contributed by atoms with van der Waals surface area (Å²) in [5.74, 6) is 1.92. The third kappa shape index (κ3) is 5.88. The molecule has 0 atom stereocenters. The Bertz CT molecular complexity index is 2970. The van der Waals surface area contributed by atoms with Crippen LogP contribution in [0.25, 0.3) is 99.9 Å². The van der Waals surface area contributed by atoms with Gasteiger partial charge in [-0.1, -0.05) is 182 Å². The Hall–Kier alpha value is -7.23. The average molecular weight is 688 g/mol. The number of hydrogen-bond donors (Lipinski definition) is 0. The third-order valence-electron chi connectivity index (χ3n) is 10.3. The number of aromatic nitrogens is 3. The second-order valence-corrected chi connectivity index (χ2v) is 13.7. The van der Waals surface area contributed by atoms with Gasteiger partial charge < -0.3 is 0 Å². The molecule has 0 aliphatic carbocycles. The first kappa shape index (κ1) is 31.5. The van der Waals surface area contributed by atoms with Crippen molar-refractivity contribution in [2.24, 2.45) is 0 Å². The molecule has 54 heavy (non-hydrogen) atoms. The highest BCUT2D eigenvalue weighted by Gasteiger charge is 2.16. The Balaban J connectivity index is 1.11. The molecule has 0 saturated heterocycles. The van der Waals surface area contributed by atoms with Gasteiger partial charge in [-0.25, -0.2) is 15.0 Å². The fraction of sp³-hybridized carbons (Fsp3) is 0. The van der Waals surface area contributed by atoms with Gasteiger partial charge >= 0.3 is 0 Å². The van der Waals surface area contributed by atoms with Crippen molar-refractivity contribution in [2.75, 3.05) is 0 Å². The predicted octanol–water partition coefficient (Wildman–Crippen LogP) is 13.3. The molecule has 1 heterocycles. The molecule has 3 heteroatoms. The molecule has 9 aromatic carbocycles. The summed E-state index contributed by atoms with van der Waals surface area (Å²) >= 11 is 0. The molecule has 10 aromatic rings. The van der Waals surface area contributed by atoms with Crippen LogP contribution in [0.1, 0.15) is 0 Å². The van der Waals surface area contributed by atoms with Gasteiger partial charge in [0.1, 0.15) is 0 Å². The quantitative estimate of drug-likeness (QED) is 0.175. The summed E-state index contributed by atoms with van der Waals surface area (Å²) in [6.07, 6.45) is 0. The number of rotatable bonds is 6. The molecule has 0 radical (unpaired) electrons. The summed E-state index contributed by atoms with van der Waals surface area (Å²) in [4.78, 5) is 15.5. The Morgan fingerprint density at radius 2 is 0.685 bits per heavy atom. The van der Waals surface area contributed by atoms with Gasteiger partial charge in [-0.2, -0.15) is 0 Å². The van der Waals surface area contributed by atoms with Gasteiger partial charge in [0, 0.05) is 16.7 Å². The molecule has 3 nitrogen and oxygen atoms in total. The fourth-order valence-corrected chi connectivity index (χ4v) is 7.50. The van der Waals surface area contributed by atoms with Crippen LogP contribution in [-0.2, 0) is 0 Å². The van der Waals surface area contributed by atoms with Crippen molar-refractivity contribution in [3.05, 3.63) is 200 Å². The minimum Gasteiger partial charge on any atom is -0.208 e. The highest BCUT2D eigenvalue weighted by molar-refractivity contribution is 6.00. The molecule has 0 unspecified atom stereocenters. The summed E-state index contributed by atoms with van der Waals surface area (Å²) in [7, 11) is 0. The molecule has 0 bridgehead atoms. The Labute approximate surface area is 313 Å². The molecule has 0 spiro atoms. The van der Waals surface area contributed by atoms with E-state index in [9.17, 15) is 0 Å². The van der Waals surface area contributed by atoms with E-state index in [1.54, 1.807) is 0 Å². The topological polar surface area (TPSA) is 38.7 Å².